The molecule has 0 aromatic carbocycles. The molecule has 118 valence electrons. The van der Waals surface area contributed by atoms with Gasteiger partial charge in [0.05, 0.1) is 0 Å². The summed E-state index contributed by atoms with van der Waals surface area (Å²) in [6, 6.07) is 2.58. The Hall–Kier alpha value is -1.32. The number of hydrogen-bond acceptors (Lipinski definition) is 4. The summed E-state index contributed by atoms with van der Waals surface area (Å²) < 4.78 is 0. The quantitative estimate of drug-likeness (QED) is 0.828. The van der Waals surface area contributed by atoms with Crippen molar-refractivity contribution in [3.63, 3.8) is 0 Å². The van der Waals surface area contributed by atoms with Crippen LogP contribution in [0.4, 0.5) is 11.6 Å². The summed E-state index contributed by atoms with van der Waals surface area (Å²) in [6.45, 7) is 6.84. The van der Waals surface area contributed by atoms with Crippen LogP contribution in [0.1, 0.15) is 58.7 Å². The standard InChI is InChI=1S/C17H30N4/c1-5-8-15-20-16(18-4)11-17(21-15)19-14-10-7-6-9-13(14)12(2)3/h11-14H,5-10H2,1-4H3,(H2,18,19,20,21). The molecule has 2 N–H and O–H groups in total. The molecule has 4 nitrogen and oxygen atoms in total. The highest BCUT2D eigenvalue weighted by molar-refractivity contribution is 5.48. The van der Waals surface area contributed by atoms with Crippen LogP contribution < -0.4 is 10.6 Å². The summed E-state index contributed by atoms with van der Waals surface area (Å²) in [4.78, 5) is 9.22. The molecule has 0 amide bonds. The minimum Gasteiger partial charge on any atom is -0.373 e. The van der Waals surface area contributed by atoms with E-state index in [2.05, 4.69) is 36.4 Å². The van der Waals surface area contributed by atoms with E-state index in [0.29, 0.717) is 6.04 Å². The monoisotopic (exact) mass is 290 g/mol. The highest BCUT2D eigenvalue weighted by Crippen LogP contribution is 2.32. The molecular weight excluding hydrogens is 260 g/mol. The number of aromatic nitrogens is 2. The third kappa shape index (κ3) is 4.32. The smallest absolute Gasteiger partial charge is 0.133 e. The van der Waals surface area contributed by atoms with Crippen LogP contribution in [0.2, 0.25) is 0 Å². The zero-order valence-corrected chi connectivity index (χ0v) is 13.9. The van der Waals surface area contributed by atoms with E-state index >= 15 is 0 Å². The SMILES string of the molecule is CCCc1nc(NC)cc(NC2CCCCC2C(C)C)n1. The fraction of sp³-hybridized carbons (Fsp3) is 0.765. The number of hydrogen-bond donors (Lipinski definition) is 2. The Kier molecular flexibility index (Phi) is 5.83. The van der Waals surface area contributed by atoms with E-state index in [-0.39, 0.29) is 0 Å². The second kappa shape index (κ2) is 7.62. The summed E-state index contributed by atoms with van der Waals surface area (Å²) in [5.41, 5.74) is 0. The number of nitrogens with zero attached hydrogens (tertiary/aromatic N) is 2. The summed E-state index contributed by atoms with van der Waals surface area (Å²) in [6.07, 6.45) is 7.29. The molecule has 21 heavy (non-hydrogen) atoms. The topological polar surface area (TPSA) is 49.8 Å². The van der Waals surface area contributed by atoms with Gasteiger partial charge in [-0.2, -0.15) is 0 Å². The van der Waals surface area contributed by atoms with E-state index in [4.69, 9.17) is 4.98 Å². The van der Waals surface area contributed by atoms with Crippen LogP contribution in [0.3, 0.4) is 0 Å². The van der Waals surface area contributed by atoms with Gasteiger partial charge in [0.1, 0.15) is 17.5 Å². The van der Waals surface area contributed by atoms with Crippen LogP contribution in [0.25, 0.3) is 0 Å². The van der Waals surface area contributed by atoms with Crippen molar-refractivity contribution in [1.82, 2.24) is 9.97 Å². The number of rotatable bonds is 6. The zero-order valence-electron chi connectivity index (χ0n) is 13.9. The Morgan fingerprint density at radius 2 is 1.90 bits per heavy atom. The molecule has 1 aliphatic carbocycles. The molecule has 1 fully saturated rings. The second-order valence-corrected chi connectivity index (χ2v) is 6.50. The molecule has 0 aliphatic heterocycles. The molecule has 0 saturated heterocycles. The Balaban J connectivity index is 2.14. The van der Waals surface area contributed by atoms with Gasteiger partial charge in [-0.25, -0.2) is 9.97 Å². The molecule has 1 aromatic heterocycles. The average molecular weight is 290 g/mol. The maximum Gasteiger partial charge on any atom is 0.133 e. The van der Waals surface area contributed by atoms with Crippen molar-refractivity contribution in [1.29, 1.82) is 0 Å². The van der Waals surface area contributed by atoms with Gasteiger partial charge in [0, 0.05) is 25.6 Å². The minimum atomic E-state index is 0.549. The van der Waals surface area contributed by atoms with Crippen molar-refractivity contribution in [2.24, 2.45) is 11.8 Å². The van der Waals surface area contributed by atoms with Crippen molar-refractivity contribution in [3.8, 4) is 0 Å². The Morgan fingerprint density at radius 1 is 1.19 bits per heavy atom. The Bertz CT molecular complexity index is 444. The van der Waals surface area contributed by atoms with Crippen LogP contribution in [-0.2, 0) is 6.42 Å². The summed E-state index contributed by atoms with van der Waals surface area (Å²) >= 11 is 0. The van der Waals surface area contributed by atoms with E-state index < -0.39 is 0 Å². The number of nitrogens with one attached hydrogen (secondary N) is 2. The first-order valence-electron chi connectivity index (χ1n) is 8.46. The van der Waals surface area contributed by atoms with E-state index in [1.54, 1.807) is 0 Å². The van der Waals surface area contributed by atoms with Gasteiger partial charge in [0.2, 0.25) is 0 Å². The first-order chi connectivity index (χ1) is 10.1. The lowest BCUT2D eigenvalue weighted by atomic mass is 9.78. The van der Waals surface area contributed by atoms with Crippen molar-refractivity contribution in [2.45, 2.75) is 65.3 Å². The van der Waals surface area contributed by atoms with Gasteiger partial charge < -0.3 is 10.6 Å². The first kappa shape index (κ1) is 16.1. The normalized spacial score (nSPS) is 22.3. The van der Waals surface area contributed by atoms with E-state index in [1.807, 2.05) is 13.1 Å². The van der Waals surface area contributed by atoms with Crippen LogP contribution in [0.5, 0.6) is 0 Å². The van der Waals surface area contributed by atoms with Gasteiger partial charge in [0.15, 0.2) is 0 Å². The predicted octanol–water partition coefficient (Wildman–Crippen LogP) is 4.10. The Labute approximate surface area is 129 Å². The molecule has 1 heterocycles. The molecule has 2 unspecified atom stereocenters. The molecule has 0 bridgehead atoms. The first-order valence-corrected chi connectivity index (χ1v) is 8.46. The molecular formula is C17H30N4. The van der Waals surface area contributed by atoms with Gasteiger partial charge in [0.25, 0.3) is 0 Å². The maximum absolute atomic E-state index is 4.70. The maximum atomic E-state index is 4.70. The third-order valence-electron chi connectivity index (χ3n) is 4.51. The molecule has 0 radical (unpaired) electrons. The van der Waals surface area contributed by atoms with Gasteiger partial charge in [-0.3, -0.25) is 0 Å². The zero-order chi connectivity index (χ0) is 15.2. The largest absolute Gasteiger partial charge is 0.373 e. The molecule has 4 heteroatoms. The summed E-state index contributed by atoms with van der Waals surface area (Å²) in [5.74, 6) is 4.30. The highest BCUT2D eigenvalue weighted by atomic mass is 15.1. The van der Waals surface area contributed by atoms with Crippen LogP contribution in [-0.4, -0.2) is 23.1 Å². The molecule has 1 aliphatic rings. The Morgan fingerprint density at radius 3 is 2.57 bits per heavy atom. The minimum absolute atomic E-state index is 0.549. The van der Waals surface area contributed by atoms with Crippen molar-refractivity contribution in [2.75, 3.05) is 17.7 Å². The van der Waals surface area contributed by atoms with Crippen molar-refractivity contribution >= 4 is 11.6 Å². The lowest BCUT2D eigenvalue weighted by Crippen LogP contribution is -2.35. The van der Waals surface area contributed by atoms with Crippen molar-refractivity contribution in [3.05, 3.63) is 11.9 Å². The second-order valence-electron chi connectivity index (χ2n) is 6.50. The van der Waals surface area contributed by atoms with Crippen LogP contribution in [0.15, 0.2) is 6.07 Å². The molecule has 0 spiro atoms. The van der Waals surface area contributed by atoms with Gasteiger partial charge in [-0.15, -0.1) is 0 Å². The summed E-state index contributed by atoms with van der Waals surface area (Å²) in [5, 5.41) is 6.84. The fourth-order valence-corrected chi connectivity index (χ4v) is 3.36. The average Bonchev–Trinajstić information content (AvgIpc) is 2.47. The van der Waals surface area contributed by atoms with Crippen LogP contribution in [0, 0.1) is 11.8 Å². The van der Waals surface area contributed by atoms with Crippen LogP contribution >= 0.6 is 0 Å². The van der Waals surface area contributed by atoms with E-state index in [9.17, 15) is 0 Å². The lowest BCUT2D eigenvalue weighted by molar-refractivity contribution is 0.253. The van der Waals surface area contributed by atoms with Gasteiger partial charge in [-0.1, -0.05) is 33.6 Å². The van der Waals surface area contributed by atoms with Crippen molar-refractivity contribution < 1.29 is 0 Å². The number of aryl methyl sites for hydroxylation is 1. The molecule has 2 atom stereocenters. The van der Waals surface area contributed by atoms with Gasteiger partial charge >= 0.3 is 0 Å². The predicted molar refractivity (Wildman–Crippen MR) is 89.8 cm³/mol. The number of anilines is 2. The fourth-order valence-electron chi connectivity index (χ4n) is 3.36. The third-order valence-corrected chi connectivity index (χ3v) is 4.51. The van der Waals surface area contributed by atoms with E-state index in [1.165, 1.54) is 25.7 Å². The van der Waals surface area contributed by atoms with E-state index in [0.717, 1.165) is 42.1 Å². The van der Waals surface area contributed by atoms with Gasteiger partial charge in [-0.05, 0) is 31.1 Å². The molecule has 1 aromatic rings. The highest BCUT2D eigenvalue weighted by Gasteiger charge is 2.27. The summed E-state index contributed by atoms with van der Waals surface area (Å²) in [7, 11) is 1.92. The molecule has 1 saturated carbocycles. The molecule has 2 rings (SSSR count). The lowest BCUT2D eigenvalue weighted by Gasteiger charge is -2.35.